The summed E-state index contributed by atoms with van der Waals surface area (Å²) in [6.07, 6.45) is 10.3. The standard InChI is InChI=1S/C10H17FO/c11-8-9-12-10-6-4-2-1-3-5-7-10/h1-2,10H,3-9H2/b2-1+/t10-/m0/s1/i11-1. The number of hydrogen-bond acceptors (Lipinski definition) is 1. The Labute approximate surface area is 73.6 Å². The molecule has 70 valence electrons. The Morgan fingerprint density at radius 1 is 1.25 bits per heavy atom. The Kier molecular flexibility index (Phi) is 5.00. The van der Waals surface area contributed by atoms with Gasteiger partial charge in [-0.25, -0.2) is 4.39 Å². The van der Waals surface area contributed by atoms with Gasteiger partial charge in [-0.15, -0.1) is 0 Å². The minimum Gasteiger partial charge on any atom is -0.375 e. The summed E-state index contributed by atoms with van der Waals surface area (Å²) in [7, 11) is 0. The minimum absolute atomic E-state index is 0.272. The van der Waals surface area contributed by atoms with Gasteiger partial charge in [-0.1, -0.05) is 12.2 Å². The zero-order chi connectivity index (χ0) is 8.65. The fourth-order valence-electron chi connectivity index (χ4n) is 1.50. The van der Waals surface area contributed by atoms with E-state index >= 15 is 0 Å². The van der Waals surface area contributed by atoms with Crippen molar-refractivity contribution in [1.82, 2.24) is 0 Å². The van der Waals surface area contributed by atoms with Gasteiger partial charge in [0.05, 0.1) is 12.7 Å². The molecule has 0 aromatic heterocycles. The van der Waals surface area contributed by atoms with Gasteiger partial charge < -0.3 is 4.74 Å². The molecule has 1 atom stereocenters. The van der Waals surface area contributed by atoms with Crippen molar-refractivity contribution in [2.45, 2.75) is 38.2 Å². The van der Waals surface area contributed by atoms with Crippen LogP contribution >= 0.6 is 0 Å². The predicted octanol–water partition coefficient (Wildman–Crippen LogP) is 2.86. The summed E-state index contributed by atoms with van der Waals surface area (Å²) in [4.78, 5) is 0. The fourth-order valence-corrected chi connectivity index (χ4v) is 1.50. The molecule has 1 aliphatic carbocycles. The highest BCUT2D eigenvalue weighted by Gasteiger charge is 2.08. The van der Waals surface area contributed by atoms with E-state index in [0.717, 1.165) is 25.7 Å². The van der Waals surface area contributed by atoms with Crippen LogP contribution in [0.1, 0.15) is 32.1 Å². The molecule has 2 heteroatoms. The minimum atomic E-state index is -0.355. The van der Waals surface area contributed by atoms with Crippen LogP contribution in [0.25, 0.3) is 0 Å². The summed E-state index contributed by atoms with van der Waals surface area (Å²) in [5.74, 6) is 0. The Bertz CT molecular complexity index is 134. The average molecular weight is 171 g/mol. The first-order valence-electron chi connectivity index (χ1n) is 4.76. The van der Waals surface area contributed by atoms with E-state index in [2.05, 4.69) is 12.2 Å². The van der Waals surface area contributed by atoms with Crippen LogP contribution in [0.3, 0.4) is 0 Å². The number of alkyl halides is 1. The molecule has 0 saturated heterocycles. The largest absolute Gasteiger partial charge is 0.375 e. The molecule has 1 nitrogen and oxygen atoms in total. The zero-order valence-corrected chi connectivity index (χ0v) is 7.47. The molecular formula is C10H17FO. The first kappa shape index (κ1) is 9.72. The summed E-state index contributed by atoms with van der Waals surface area (Å²) < 4.78 is 17.1. The maximum atomic E-state index is 11.8. The number of hydrogen-bond donors (Lipinski definition) is 0. The molecule has 0 bridgehead atoms. The van der Waals surface area contributed by atoms with Crippen molar-refractivity contribution in [2.75, 3.05) is 13.3 Å². The van der Waals surface area contributed by atoms with E-state index in [-0.39, 0.29) is 13.3 Å². The van der Waals surface area contributed by atoms with Gasteiger partial charge in [-0.05, 0) is 32.1 Å². The average Bonchev–Trinajstić information content (AvgIpc) is 2.02. The van der Waals surface area contributed by atoms with E-state index in [9.17, 15) is 4.39 Å². The summed E-state index contributed by atoms with van der Waals surface area (Å²) in [5, 5.41) is 0. The number of rotatable bonds is 3. The van der Waals surface area contributed by atoms with Crippen molar-refractivity contribution in [3.8, 4) is 0 Å². The maximum Gasteiger partial charge on any atom is 0.113 e. The van der Waals surface area contributed by atoms with Crippen molar-refractivity contribution in [2.24, 2.45) is 0 Å². The lowest BCUT2D eigenvalue weighted by atomic mass is 10.0. The van der Waals surface area contributed by atoms with Crippen LogP contribution in [-0.4, -0.2) is 19.4 Å². The van der Waals surface area contributed by atoms with Gasteiger partial charge in [-0.2, -0.15) is 0 Å². The molecule has 1 aliphatic rings. The van der Waals surface area contributed by atoms with Gasteiger partial charge >= 0.3 is 0 Å². The van der Waals surface area contributed by atoms with Crippen molar-refractivity contribution in [1.29, 1.82) is 0 Å². The van der Waals surface area contributed by atoms with Crippen LogP contribution in [0.4, 0.5) is 4.39 Å². The smallest absolute Gasteiger partial charge is 0.113 e. The molecular weight excluding hydrogens is 154 g/mol. The van der Waals surface area contributed by atoms with E-state index in [4.69, 9.17) is 4.74 Å². The van der Waals surface area contributed by atoms with Gasteiger partial charge in [0.15, 0.2) is 0 Å². The summed E-state index contributed by atoms with van der Waals surface area (Å²) in [6.45, 7) is -0.0826. The lowest BCUT2D eigenvalue weighted by Gasteiger charge is -2.17. The van der Waals surface area contributed by atoms with Crippen LogP contribution in [0.5, 0.6) is 0 Å². The zero-order valence-electron chi connectivity index (χ0n) is 7.47. The highest BCUT2D eigenvalue weighted by molar-refractivity contribution is 4.85. The fraction of sp³-hybridized carbons (Fsp3) is 0.800. The van der Waals surface area contributed by atoms with Crippen LogP contribution in [0.2, 0.25) is 0 Å². The topological polar surface area (TPSA) is 9.23 Å². The van der Waals surface area contributed by atoms with E-state index in [1.165, 1.54) is 6.42 Å². The molecule has 1 rings (SSSR count). The first-order chi connectivity index (χ1) is 5.93. The van der Waals surface area contributed by atoms with Crippen molar-refractivity contribution in [3.05, 3.63) is 12.2 Å². The third-order valence-electron chi connectivity index (χ3n) is 2.15. The van der Waals surface area contributed by atoms with Crippen molar-refractivity contribution in [3.63, 3.8) is 0 Å². The third-order valence-corrected chi connectivity index (χ3v) is 2.15. The normalized spacial score (nSPS) is 27.6. The molecule has 0 unspecified atom stereocenters. The van der Waals surface area contributed by atoms with Crippen molar-refractivity contribution < 1.29 is 9.13 Å². The number of ether oxygens (including phenoxy) is 1. The Morgan fingerprint density at radius 3 is 2.92 bits per heavy atom. The van der Waals surface area contributed by atoms with Crippen molar-refractivity contribution >= 4 is 0 Å². The third kappa shape index (κ3) is 3.86. The molecule has 0 radical (unpaired) electrons. The Balaban J connectivity index is 2.18. The lowest BCUT2D eigenvalue weighted by molar-refractivity contribution is 0.0326. The summed E-state index contributed by atoms with van der Waals surface area (Å²) >= 11 is 0. The molecule has 0 saturated carbocycles. The number of halogens is 1. The highest BCUT2D eigenvalue weighted by atomic mass is 18.2. The molecule has 0 spiro atoms. The summed E-state index contributed by atoms with van der Waals surface area (Å²) in [6, 6.07) is 0. The maximum absolute atomic E-state index is 11.8. The Morgan fingerprint density at radius 2 is 2.08 bits per heavy atom. The quantitative estimate of drug-likeness (QED) is 0.593. The van der Waals surface area contributed by atoms with E-state index in [1.54, 1.807) is 0 Å². The van der Waals surface area contributed by atoms with Gasteiger partial charge in [0, 0.05) is 0 Å². The molecule has 0 aromatic rings. The summed E-state index contributed by atoms with van der Waals surface area (Å²) in [5.41, 5.74) is 0. The molecule has 0 aromatic carbocycles. The van der Waals surface area contributed by atoms with Crippen LogP contribution in [-0.2, 0) is 4.74 Å². The highest BCUT2D eigenvalue weighted by Crippen LogP contribution is 2.15. The molecule has 0 fully saturated rings. The first-order valence-corrected chi connectivity index (χ1v) is 4.76. The molecule has 0 N–H and O–H groups in total. The second kappa shape index (κ2) is 6.18. The van der Waals surface area contributed by atoms with Gasteiger partial charge in [-0.3, -0.25) is 0 Å². The molecule has 12 heavy (non-hydrogen) atoms. The monoisotopic (exact) mass is 171 g/mol. The van der Waals surface area contributed by atoms with Crippen LogP contribution < -0.4 is 0 Å². The number of allylic oxidation sites excluding steroid dienone is 2. The molecule has 0 heterocycles. The van der Waals surface area contributed by atoms with Gasteiger partial charge in [0.25, 0.3) is 0 Å². The van der Waals surface area contributed by atoms with E-state index in [0.29, 0.717) is 6.10 Å². The SMILES string of the molecule is [18F]CCO[C@H]1CC/C=C/CCC1. The van der Waals surface area contributed by atoms with Crippen LogP contribution in [0, 0.1) is 0 Å². The second-order valence-corrected chi connectivity index (χ2v) is 3.16. The molecule has 0 amide bonds. The molecule has 0 aliphatic heterocycles. The Hall–Kier alpha value is -0.370. The predicted molar refractivity (Wildman–Crippen MR) is 47.9 cm³/mol. The van der Waals surface area contributed by atoms with Crippen LogP contribution in [0.15, 0.2) is 12.2 Å². The van der Waals surface area contributed by atoms with Gasteiger partial charge in [0.2, 0.25) is 0 Å². The second-order valence-electron chi connectivity index (χ2n) is 3.16. The lowest BCUT2D eigenvalue weighted by Crippen LogP contribution is -2.15. The van der Waals surface area contributed by atoms with Gasteiger partial charge in [0.1, 0.15) is 6.67 Å². The van der Waals surface area contributed by atoms with E-state index in [1.807, 2.05) is 0 Å². The van der Waals surface area contributed by atoms with E-state index < -0.39 is 0 Å².